The first-order valence-electron chi connectivity index (χ1n) is 6.86. The molecule has 1 fully saturated rings. The van der Waals surface area contributed by atoms with Crippen LogP contribution in [0.2, 0.25) is 0 Å². The first-order valence-corrected chi connectivity index (χ1v) is 7.67. The van der Waals surface area contributed by atoms with Gasteiger partial charge in [-0.3, -0.25) is 4.79 Å². The van der Waals surface area contributed by atoms with E-state index in [0.717, 1.165) is 4.88 Å². The van der Waals surface area contributed by atoms with Crippen LogP contribution in [-0.4, -0.2) is 40.4 Å². The molecule has 7 heteroatoms. The number of likely N-dealkylation sites (tertiary alicyclic amines) is 1. The number of nitrogens with zero attached hydrogens (tertiary/aromatic N) is 1. The van der Waals surface area contributed by atoms with E-state index in [4.69, 9.17) is 5.11 Å². The van der Waals surface area contributed by atoms with Crippen molar-refractivity contribution in [3.8, 4) is 0 Å². The summed E-state index contributed by atoms with van der Waals surface area (Å²) in [4.78, 5) is 24.8. The lowest BCUT2D eigenvalue weighted by Gasteiger charge is -2.22. The van der Waals surface area contributed by atoms with E-state index < -0.39 is 30.3 Å². The second kappa shape index (κ2) is 6.09. The van der Waals surface area contributed by atoms with Gasteiger partial charge in [0.15, 0.2) is 0 Å². The maximum Gasteiger partial charge on any atom is 0.345 e. The number of aryl methyl sites for hydroxylation is 1. The molecule has 1 saturated heterocycles. The van der Waals surface area contributed by atoms with Crippen LogP contribution in [0.3, 0.4) is 0 Å². The Bertz CT molecular complexity index is 544. The highest BCUT2D eigenvalue weighted by molar-refractivity contribution is 7.13. The number of hydrogen-bond acceptors (Lipinski definition) is 3. The van der Waals surface area contributed by atoms with Gasteiger partial charge in [-0.05, 0) is 31.4 Å². The molecule has 1 aromatic heterocycles. The van der Waals surface area contributed by atoms with E-state index >= 15 is 0 Å². The van der Waals surface area contributed by atoms with Gasteiger partial charge in [0.1, 0.15) is 4.88 Å². The van der Waals surface area contributed by atoms with Gasteiger partial charge in [-0.15, -0.1) is 11.3 Å². The standard InChI is InChI=1S/C14H17F2NO3S/c1-2-9-8-14(15,16)13(20)17(9)7-3-4-10-5-6-11(21-10)12(18)19/h5-6,9H,2-4,7-8H2,1H3,(H,18,19). The molecule has 1 aromatic rings. The minimum absolute atomic E-state index is 0.264. The number of aromatic carboxylic acids is 1. The second-order valence-electron chi connectivity index (χ2n) is 5.14. The number of hydrogen-bond donors (Lipinski definition) is 1. The molecular weight excluding hydrogens is 300 g/mol. The molecule has 0 aliphatic carbocycles. The van der Waals surface area contributed by atoms with Crippen molar-refractivity contribution in [1.82, 2.24) is 4.90 Å². The summed E-state index contributed by atoms with van der Waals surface area (Å²) in [5.74, 6) is -5.28. The average Bonchev–Trinajstić information content (AvgIpc) is 2.97. The van der Waals surface area contributed by atoms with Crippen molar-refractivity contribution in [2.24, 2.45) is 0 Å². The Morgan fingerprint density at radius 1 is 1.52 bits per heavy atom. The molecule has 0 spiro atoms. The molecule has 1 N–H and O–H groups in total. The third-order valence-corrected chi connectivity index (χ3v) is 4.81. The van der Waals surface area contributed by atoms with Gasteiger partial charge in [0, 0.05) is 23.9 Å². The highest BCUT2D eigenvalue weighted by Gasteiger charge is 2.52. The van der Waals surface area contributed by atoms with Crippen LogP contribution in [0.5, 0.6) is 0 Å². The molecule has 0 radical (unpaired) electrons. The topological polar surface area (TPSA) is 57.6 Å². The zero-order chi connectivity index (χ0) is 15.6. The van der Waals surface area contributed by atoms with Gasteiger partial charge in [0.2, 0.25) is 0 Å². The van der Waals surface area contributed by atoms with E-state index in [1.165, 1.54) is 22.3 Å². The molecule has 1 unspecified atom stereocenters. The number of carbonyl (C=O) groups excluding carboxylic acids is 1. The van der Waals surface area contributed by atoms with Gasteiger partial charge < -0.3 is 10.0 Å². The summed E-state index contributed by atoms with van der Waals surface area (Å²) in [6.45, 7) is 2.08. The van der Waals surface area contributed by atoms with Crippen molar-refractivity contribution in [3.63, 3.8) is 0 Å². The minimum atomic E-state index is -3.24. The van der Waals surface area contributed by atoms with Gasteiger partial charge in [-0.1, -0.05) is 6.92 Å². The van der Waals surface area contributed by atoms with Crippen LogP contribution in [-0.2, 0) is 11.2 Å². The Kier molecular flexibility index (Phi) is 4.61. The zero-order valence-electron chi connectivity index (χ0n) is 11.6. The van der Waals surface area contributed by atoms with E-state index in [9.17, 15) is 18.4 Å². The average molecular weight is 317 g/mol. The first kappa shape index (κ1) is 15.9. The summed E-state index contributed by atoms with van der Waals surface area (Å²) in [5.41, 5.74) is 0. The minimum Gasteiger partial charge on any atom is -0.477 e. The van der Waals surface area contributed by atoms with Crippen LogP contribution in [0.4, 0.5) is 8.78 Å². The predicted molar refractivity (Wildman–Crippen MR) is 75.0 cm³/mol. The molecule has 21 heavy (non-hydrogen) atoms. The maximum absolute atomic E-state index is 13.4. The molecule has 1 amide bonds. The van der Waals surface area contributed by atoms with E-state index in [0.29, 0.717) is 19.3 Å². The third kappa shape index (κ3) is 3.40. The van der Waals surface area contributed by atoms with Crippen LogP contribution < -0.4 is 0 Å². The fourth-order valence-electron chi connectivity index (χ4n) is 2.57. The number of carboxylic acid groups (broad SMARTS) is 1. The Morgan fingerprint density at radius 3 is 2.81 bits per heavy atom. The van der Waals surface area contributed by atoms with Crippen molar-refractivity contribution in [1.29, 1.82) is 0 Å². The highest BCUT2D eigenvalue weighted by atomic mass is 32.1. The van der Waals surface area contributed by atoms with Crippen LogP contribution >= 0.6 is 11.3 Å². The number of alkyl halides is 2. The van der Waals surface area contributed by atoms with Crippen molar-refractivity contribution in [2.75, 3.05) is 6.54 Å². The number of amides is 1. The number of carboxylic acids is 1. The summed E-state index contributed by atoms with van der Waals surface area (Å²) in [6.07, 6.45) is 1.26. The lowest BCUT2D eigenvalue weighted by atomic mass is 10.1. The Hall–Kier alpha value is -1.50. The van der Waals surface area contributed by atoms with Gasteiger partial charge >= 0.3 is 11.9 Å². The molecule has 0 saturated carbocycles. The molecule has 2 heterocycles. The largest absolute Gasteiger partial charge is 0.477 e. The SMILES string of the molecule is CCC1CC(F)(F)C(=O)N1CCCc1ccc(C(=O)O)s1. The molecule has 0 bridgehead atoms. The van der Waals surface area contributed by atoms with E-state index in [1.54, 1.807) is 13.0 Å². The van der Waals surface area contributed by atoms with Gasteiger partial charge in [0.25, 0.3) is 5.91 Å². The molecule has 0 aromatic carbocycles. The number of rotatable bonds is 6. The maximum atomic E-state index is 13.4. The van der Waals surface area contributed by atoms with Gasteiger partial charge in [0.05, 0.1) is 0 Å². The smallest absolute Gasteiger partial charge is 0.345 e. The van der Waals surface area contributed by atoms with Crippen LogP contribution in [0.25, 0.3) is 0 Å². The lowest BCUT2D eigenvalue weighted by Crippen LogP contribution is -2.37. The summed E-state index contributed by atoms with van der Waals surface area (Å²) < 4.78 is 26.8. The number of thiophene rings is 1. The van der Waals surface area contributed by atoms with E-state index in [2.05, 4.69) is 0 Å². The fourth-order valence-corrected chi connectivity index (χ4v) is 3.46. The molecule has 4 nitrogen and oxygen atoms in total. The Labute approximate surface area is 125 Å². The lowest BCUT2D eigenvalue weighted by molar-refractivity contribution is -0.148. The van der Waals surface area contributed by atoms with Crippen molar-refractivity contribution >= 4 is 23.2 Å². The second-order valence-corrected chi connectivity index (χ2v) is 6.31. The number of halogens is 2. The quantitative estimate of drug-likeness (QED) is 0.877. The van der Waals surface area contributed by atoms with Crippen molar-refractivity contribution in [2.45, 2.75) is 44.6 Å². The summed E-state index contributed by atoms with van der Waals surface area (Å²) in [6, 6.07) is 2.86. The van der Waals surface area contributed by atoms with Crippen LogP contribution in [0.15, 0.2) is 12.1 Å². The summed E-state index contributed by atoms with van der Waals surface area (Å²) >= 11 is 1.18. The fraction of sp³-hybridized carbons (Fsp3) is 0.571. The normalized spacial score (nSPS) is 21.0. The molecule has 1 aliphatic heterocycles. The third-order valence-electron chi connectivity index (χ3n) is 3.67. The van der Waals surface area contributed by atoms with Gasteiger partial charge in [-0.2, -0.15) is 8.78 Å². The first-order chi connectivity index (χ1) is 9.85. The zero-order valence-corrected chi connectivity index (χ0v) is 12.5. The molecule has 116 valence electrons. The van der Waals surface area contributed by atoms with Crippen molar-refractivity contribution < 1.29 is 23.5 Å². The van der Waals surface area contributed by atoms with E-state index in [1.807, 2.05) is 0 Å². The molecule has 1 aliphatic rings. The van der Waals surface area contributed by atoms with Crippen LogP contribution in [0, 0.1) is 0 Å². The van der Waals surface area contributed by atoms with Gasteiger partial charge in [-0.25, -0.2) is 4.79 Å². The molecule has 1 atom stereocenters. The van der Waals surface area contributed by atoms with Crippen molar-refractivity contribution in [3.05, 3.63) is 21.9 Å². The predicted octanol–water partition coefficient (Wildman–Crippen LogP) is 3.03. The van der Waals surface area contributed by atoms with E-state index in [-0.39, 0.29) is 11.4 Å². The molecular formula is C14H17F2NO3S. The Balaban J connectivity index is 1.90. The van der Waals surface area contributed by atoms with Crippen LogP contribution in [0.1, 0.15) is 40.7 Å². The number of carbonyl (C=O) groups is 2. The monoisotopic (exact) mass is 317 g/mol. The summed E-state index contributed by atoms with van der Waals surface area (Å²) in [5, 5.41) is 8.83. The Morgan fingerprint density at radius 2 is 2.24 bits per heavy atom. The highest BCUT2D eigenvalue weighted by Crippen LogP contribution is 2.35. The molecule has 2 rings (SSSR count). The summed E-state index contributed by atoms with van der Waals surface area (Å²) in [7, 11) is 0.